The van der Waals surface area contributed by atoms with Crippen LogP contribution in [0.4, 0.5) is 5.82 Å². The molecule has 0 bridgehead atoms. The molecule has 0 fully saturated rings. The molecule has 1 aromatic heterocycles. The lowest BCUT2D eigenvalue weighted by molar-refractivity contribution is 0.0697. The van der Waals surface area contributed by atoms with Gasteiger partial charge in [-0.25, -0.2) is 9.78 Å². The molecule has 0 aromatic carbocycles. The molecule has 0 aliphatic heterocycles. The Morgan fingerprint density at radius 3 is 2.69 bits per heavy atom. The first-order valence-electron chi connectivity index (χ1n) is 5.53. The summed E-state index contributed by atoms with van der Waals surface area (Å²) in [4.78, 5) is 17.4. The van der Waals surface area contributed by atoms with Crippen molar-refractivity contribution in [3.63, 3.8) is 0 Å². The molecule has 1 aromatic rings. The molecule has 0 atom stereocenters. The molecule has 4 nitrogen and oxygen atoms in total. The van der Waals surface area contributed by atoms with Crippen molar-refractivity contribution in [1.82, 2.24) is 4.98 Å². The van der Waals surface area contributed by atoms with Crippen molar-refractivity contribution in [1.29, 1.82) is 0 Å². The van der Waals surface area contributed by atoms with Crippen LogP contribution in [0.3, 0.4) is 0 Å². The zero-order valence-electron chi connectivity index (χ0n) is 9.66. The molecule has 86 valence electrons. The minimum absolute atomic E-state index is 0.311. The number of aryl methyl sites for hydroxylation is 2. The van der Waals surface area contributed by atoms with Gasteiger partial charge >= 0.3 is 5.97 Å². The van der Waals surface area contributed by atoms with E-state index in [1.165, 1.54) is 0 Å². The second-order valence-electron chi connectivity index (χ2n) is 4.37. The molecule has 1 heterocycles. The fourth-order valence-corrected chi connectivity index (χ4v) is 2.12. The van der Waals surface area contributed by atoms with E-state index in [1.807, 2.05) is 14.1 Å². The lowest BCUT2D eigenvalue weighted by atomic mass is 9.94. The van der Waals surface area contributed by atoms with Crippen molar-refractivity contribution in [2.75, 3.05) is 19.0 Å². The van der Waals surface area contributed by atoms with Crippen molar-refractivity contribution < 1.29 is 9.90 Å². The van der Waals surface area contributed by atoms with Gasteiger partial charge in [0, 0.05) is 19.8 Å². The van der Waals surface area contributed by atoms with Gasteiger partial charge in [-0.2, -0.15) is 0 Å². The number of fused-ring (bicyclic) bond motifs is 1. The van der Waals surface area contributed by atoms with Crippen LogP contribution in [0.25, 0.3) is 0 Å². The highest BCUT2D eigenvalue weighted by Crippen LogP contribution is 2.25. The van der Waals surface area contributed by atoms with Crippen molar-refractivity contribution in [3.8, 4) is 0 Å². The number of carboxylic acid groups (broad SMARTS) is 1. The third-order valence-corrected chi connectivity index (χ3v) is 2.93. The molecule has 0 amide bonds. The van der Waals surface area contributed by atoms with E-state index in [9.17, 15) is 4.79 Å². The molecular formula is C12H16N2O2. The van der Waals surface area contributed by atoms with Gasteiger partial charge in [0.1, 0.15) is 11.4 Å². The second-order valence-corrected chi connectivity index (χ2v) is 4.37. The highest BCUT2D eigenvalue weighted by Gasteiger charge is 2.19. The topological polar surface area (TPSA) is 53.4 Å². The third kappa shape index (κ3) is 1.87. The predicted octanol–water partition coefficient (Wildman–Crippen LogP) is 1.72. The maximum atomic E-state index is 11.1. The standard InChI is InChI=1S/C12H16N2O2/c1-14(2)11-9(12(15)16)7-8-5-3-4-6-10(8)13-11/h7H,3-6H2,1-2H3,(H,15,16). The Labute approximate surface area is 94.9 Å². The summed E-state index contributed by atoms with van der Waals surface area (Å²) >= 11 is 0. The van der Waals surface area contributed by atoms with Crippen molar-refractivity contribution >= 4 is 11.8 Å². The molecule has 4 heteroatoms. The van der Waals surface area contributed by atoms with Crippen LogP contribution >= 0.6 is 0 Å². The molecule has 0 radical (unpaired) electrons. The Morgan fingerprint density at radius 2 is 2.06 bits per heavy atom. The predicted molar refractivity (Wildman–Crippen MR) is 62.2 cm³/mol. The molecule has 1 aliphatic carbocycles. The van der Waals surface area contributed by atoms with E-state index < -0.39 is 5.97 Å². The highest BCUT2D eigenvalue weighted by molar-refractivity contribution is 5.93. The first kappa shape index (κ1) is 10.9. The molecular weight excluding hydrogens is 204 g/mol. The molecule has 0 spiro atoms. The van der Waals surface area contributed by atoms with Gasteiger partial charge in [0.15, 0.2) is 0 Å². The summed E-state index contributed by atoms with van der Waals surface area (Å²) < 4.78 is 0. The minimum atomic E-state index is -0.899. The summed E-state index contributed by atoms with van der Waals surface area (Å²) in [5.41, 5.74) is 2.49. The Kier molecular flexibility index (Phi) is 2.81. The van der Waals surface area contributed by atoms with Gasteiger partial charge in [-0.1, -0.05) is 0 Å². The third-order valence-electron chi connectivity index (χ3n) is 2.93. The summed E-state index contributed by atoms with van der Waals surface area (Å²) in [7, 11) is 3.65. The Bertz CT molecular complexity index is 427. The molecule has 2 rings (SSSR count). The zero-order chi connectivity index (χ0) is 11.7. The van der Waals surface area contributed by atoms with E-state index in [2.05, 4.69) is 4.98 Å². The summed E-state index contributed by atoms with van der Waals surface area (Å²) in [5.74, 6) is -0.335. The molecule has 0 saturated heterocycles. The number of carboxylic acids is 1. The van der Waals surface area contributed by atoms with Crippen LogP contribution in [-0.2, 0) is 12.8 Å². The van der Waals surface area contributed by atoms with Crippen LogP contribution in [0.2, 0.25) is 0 Å². The first-order valence-corrected chi connectivity index (χ1v) is 5.53. The molecule has 0 unspecified atom stereocenters. The quantitative estimate of drug-likeness (QED) is 0.824. The Hall–Kier alpha value is -1.58. The normalized spacial score (nSPS) is 14.4. The van der Waals surface area contributed by atoms with Crippen LogP contribution in [0.1, 0.15) is 34.5 Å². The highest BCUT2D eigenvalue weighted by atomic mass is 16.4. The Balaban J connectivity index is 2.54. The molecule has 1 N–H and O–H groups in total. The minimum Gasteiger partial charge on any atom is -0.478 e. The summed E-state index contributed by atoms with van der Waals surface area (Å²) in [5, 5.41) is 9.15. The van der Waals surface area contributed by atoms with E-state index in [0.29, 0.717) is 11.4 Å². The molecule has 16 heavy (non-hydrogen) atoms. The van der Waals surface area contributed by atoms with E-state index in [4.69, 9.17) is 5.11 Å². The maximum Gasteiger partial charge on any atom is 0.339 e. The van der Waals surface area contributed by atoms with Gasteiger partial charge < -0.3 is 10.0 Å². The van der Waals surface area contributed by atoms with Crippen molar-refractivity contribution in [2.45, 2.75) is 25.7 Å². The van der Waals surface area contributed by atoms with Crippen LogP contribution in [-0.4, -0.2) is 30.2 Å². The van der Waals surface area contributed by atoms with Crippen LogP contribution in [0.5, 0.6) is 0 Å². The number of pyridine rings is 1. The van der Waals surface area contributed by atoms with Gasteiger partial charge in [0.2, 0.25) is 0 Å². The van der Waals surface area contributed by atoms with E-state index in [-0.39, 0.29) is 0 Å². The van der Waals surface area contributed by atoms with E-state index >= 15 is 0 Å². The van der Waals surface area contributed by atoms with Crippen molar-refractivity contribution in [3.05, 3.63) is 22.9 Å². The fourth-order valence-electron chi connectivity index (χ4n) is 2.12. The number of aromatic nitrogens is 1. The van der Waals surface area contributed by atoms with Gasteiger partial charge in [-0.3, -0.25) is 0 Å². The van der Waals surface area contributed by atoms with Crippen molar-refractivity contribution in [2.24, 2.45) is 0 Å². The SMILES string of the molecule is CN(C)c1nc2c(cc1C(=O)O)CCCC2. The number of anilines is 1. The van der Waals surface area contributed by atoms with Gasteiger partial charge in [0.05, 0.1) is 0 Å². The monoisotopic (exact) mass is 220 g/mol. The van der Waals surface area contributed by atoms with Gasteiger partial charge in [-0.15, -0.1) is 0 Å². The summed E-state index contributed by atoms with van der Waals surface area (Å²) in [6.07, 6.45) is 4.21. The fraction of sp³-hybridized carbons (Fsp3) is 0.500. The summed E-state index contributed by atoms with van der Waals surface area (Å²) in [6.45, 7) is 0. The lowest BCUT2D eigenvalue weighted by Gasteiger charge is -2.20. The average molecular weight is 220 g/mol. The second kappa shape index (κ2) is 4.12. The lowest BCUT2D eigenvalue weighted by Crippen LogP contribution is -2.19. The van der Waals surface area contributed by atoms with E-state index in [0.717, 1.165) is 36.9 Å². The largest absolute Gasteiger partial charge is 0.478 e. The number of hydrogen-bond acceptors (Lipinski definition) is 3. The maximum absolute atomic E-state index is 11.1. The van der Waals surface area contributed by atoms with Crippen LogP contribution < -0.4 is 4.90 Å². The number of hydrogen-bond donors (Lipinski definition) is 1. The first-order chi connectivity index (χ1) is 7.59. The number of aromatic carboxylic acids is 1. The van der Waals surface area contributed by atoms with Crippen LogP contribution in [0.15, 0.2) is 6.07 Å². The molecule has 1 aliphatic rings. The number of nitrogens with zero attached hydrogens (tertiary/aromatic N) is 2. The Morgan fingerprint density at radius 1 is 1.38 bits per heavy atom. The van der Waals surface area contributed by atoms with Crippen LogP contribution in [0, 0.1) is 0 Å². The van der Waals surface area contributed by atoms with Gasteiger partial charge in [0.25, 0.3) is 0 Å². The number of rotatable bonds is 2. The van der Waals surface area contributed by atoms with E-state index in [1.54, 1.807) is 11.0 Å². The zero-order valence-corrected chi connectivity index (χ0v) is 9.66. The summed E-state index contributed by atoms with van der Waals surface area (Å²) in [6, 6.07) is 1.79. The number of carbonyl (C=O) groups is 1. The van der Waals surface area contributed by atoms with Gasteiger partial charge in [-0.05, 0) is 37.3 Å². The average Bonchev–Trinajstić information content (AvgIpc) is 2.27. The smallest absolute Gasteiger partial charge is 0.339 e. The molecule has 0 saturated carbocycles.